The molecule has 2 aromatic rings. The molecule has 0 aliphatic rings. The maximum absolute atomic E-state index is 13.5. The lowest BCUT2D eigenvalue weighted by molar-refractivity contribution is 0.596. The van der Waals surface area contributed by atoms with Gasteiger partial charge in [0.1, 0.15) is 4.90 Å². The maximum atomic E-state index is 13.5. The Labute approximate surface area is 127 Å². The van der Waals surface area contributed by atoms with Crippen molar-refractivity contribution in [2.24, 2.45) is 0 Å². The van der Waals surface area contributed by atoms with Crippen molar-refractivity contribution in [3.05, 3.63) is 40.6 Å². The van der Waals surface area contributed by atoms with E-state index in [1.54, 1.807) is 5.38 Å². The highest BCUT2D eigenvalue weighted by atomic mass is 32.2. The van der Waals surface area contributed by atoms with Gasteiger partial charge < -0.3 is 5.32 Å². The molecule has 0 bridgehead atoms. The summed E-state index contributed by atoms with van der Waals surface area (Å²) in [5, 5.41) is 4.87. The van der Waals surface area contributed by atoms with Crippen molar-refractivity contribution >= 4 is 27.0 Å². The van der Waals surface area contributed by atoms with Crippen LogP contribution in [-0.4, -0.2) is 19.9 Å². The molecule has 0 aliphatic heterocycles. The van der Waals surface area contributed by atoms with E-state index in [-0.39, 0.29) is 10.6 Å². The van der Waals surface area contributed by atoms with Crippen LogP contribution in [0.4, 0.5) is 10.1 Å². The molecule has 0 atom stereocenters. The second-order valence-corrected chi connectivity index (χ2v) is 7.00. The van der Waals surface area contributed by atoms with Gasteiger partial charge in [-0.2, -0.15) is 0 Å². The number of hydrogen-bond acceptors (Lipinski definition) is 5. The summed E-state index contributed by atoms with van der Waals surface area (Å²) >= 11 is 1.35. The van der Waals surface area contributed by atoms with Crippen LogP contribution in [0.1, 0.15) is 18.2 Å². The van der Waals surface area contributed by atoms with Crippen LogP contribution >= 0.6 is 11.3 Å². The molecule has 0 aliphatic carbocycles. The number of nitrogens with zero attached hydrogens (tertiary/aromatic N) is 1. The molecule has 5 nitrogen and oxygen atoms in total. The molecule has 8 heteroatoms. The Morgan fingerprint density at radius 3 is 2.90 bits per heavy atom. The topological polar surface area (TPSA) is 71.1 Å². The third-order valence-electron chi connectivity index (χ3n) is 2.72. The lowest BCUT2D eigenvalue weighted by atomic mass is 10.4. The predicted molar refractivity (Wildman–Crippen MR) is 81.3 cm³/mol. The molecule has 2 N–H and O–H groups in total. The normalized spacial score (nSPS) is 11.5. The Hall–Kier alpha value is -1.51. The zero-order valence-corrected chi connectivity index (χ0v) is 13.1. The molecular weight excluding hydrogens is 313 g/mol. The molecule has 0 amide bonds. The number of pyridine rings is 1. The van der Waals surface area contributed by atoms with Gasteiger partial charge in [0.05, 0.1) is 11.9 Å². The van der Waals surface area contributed by atoms with Crippen LogP contribution in [0.3, 0.4) is 0 Å². The number of rotatable bonds is 7. The first-order valence-corrected chi connectivity index (χ1v) is 8.80. The minimum absolute atomic E-state index is 0.108. The lowest BCUT2D eigenvalue weighted by Gasteiger charge is -2.09. The monoisotopic (exact) mass is 329 g/mol. The molecule has 0 unspecified atom stereocenters. The number of thiophene rings is 1. The van der Waals surface area contributed by atoms with Crippen LogP contribution in [0.15, 0.2) is 34.8 Å². The van der Waals surface area contributed by atoms with Crippen molar-refractivity contribution in [3.8, 4) is 0 Å². The van der Waals surface area contributed by atoms with E-state index in [0.29, 0.717) is 11.4 Å². The third kappa shape index (κ3) is 3.99. The molecule has 0 spiro atoms. The van der Waals surface area contributed by atoms with Crippen LogP contribution in [-0.2, 0) is 16.6 Å². The van der Waals surface area contributed by atoms with Gasteiger partial charge in [-0.1, -0.05) is 6.92 Å². The molecule has 2 rings (SSSR count). The first-order valence-electron chi connectivity index (χ1n) is 6.44. The molecular formula is C13H16FN3O2S2. The van der Waals surface area contributed by atoms with Crippen molar-refractivity contribution in [1.29, 1.82) is 0 Å². The van der Waals surface area contributed by atoms with Gasteiger partial charge >= 0.3 is 0 Å². The van der Waals surface area contributed by atoms with E-state index in [4.69, 9.17) is 0 Å². The second kappa shape index (κ2) is 6.97. The van der Waals surface area contributed by atoms with E-state index < -0.39 is 15.8 Å². The van der Waals surface area contributed by atoms with Crippen molar-refractivity contribution in [2.75, 3.05) is 11.3 Å². The SMILES string of the molecule is CCCNCc1sccc1S(=O)(=O)Nc1ccncc1F. The van der Waals surface area contributed by atoms with Crippen LogP contribution in [0.25, 0.3) is 0 Å². The summed E-state index contributed by atoms with van der Waals surface area (Å²) in [6.07, 6.45) is 3.27. The van der Waals surface area contributed by atoms with E-state index in [1.165, 1.54) is 29.7 Å². The quantitative estimate of drug-likeness (QED) is 0.766. The summed E-state index contributed by atoms with van der Waals surface area (Å²) < 4.78 is 40.5. The third-order valence-corrected chi connectivity index (χ3v) is 5.22. The van der Waals surface area contributed by atoms with Gasteiger partial charge in [-0.3, -0.25) is 9.71 Å². The Kier molecular flexibility index (Phi) is 5.27. The molecule has 21 heavy (non-hydrogen) atoms. The Balaban J connectivity index is 2.20. The number of halogens is 1. The average Bonchev–Trinajstić information content (AvgIpc) is 2.91. The smallest absolute Gasteiger partial charge is 0.263 e. The molecule has 114 valence electrons. The zero-order valence-electron chi connectivity index (χ0n) is 11.5. The van der Waals surface area contributed by atoms with E-state index in [9.17, 15) is 12.8 Å². The van der Waals surface area contributed by atoms with Crippen LogP contribution in [0.2, 0.25) is 0 Å². The summed E-state index contributed by atoms with van der Waals surface area (Å²) in [4.78, 5) is 4.46. The predicted octanol–water partition coefficient (Wildman–Crippen LogP) is 2.58. The maximum Gasteiger partial charge on any atom is 0.263 e. The van der Waals surface area contributed by atoms with Gasteiger partial charge in [0.2, 0.25) is 0 Å². The number of hydrogen-bond donors (Lipinski definition) is 2. The lowest BCUT2D eigenvalue weighted by Crippen LogP contribution is -2.18. The van der Waals surface area contributed by atoms with Crippen molar-refractivity contribution in [1.82, 2.24) is 10.3 Å². The summed E-state index contributed by atoms with van der Waals surface area (Å²) in [6, 6.07) is 2.81. The number of sulfonamides is 1. The number of anilines is 1. The average molecular weight is 329 g/mol. The molecule has 2 heterocycles. The van der Waals surface area contributed by atoms with Crippen LogP contribution < -0.4 is 10.0 Å². The Morgan fingerprint density at radius 2 is 2.19 bits per heavy atom. The molecule has 0 saturated carbocycles. The van der Waals surface area contributed by atoms with E-state index >= 15 is 0 Å². The molecule has 0 fully saturated rings. The van der Waals surface area contributed by atoms with E-state index in [1.807, 2.05) is 6.92 Å². The Bertz CT molecular complexity index is 701. The number of aromatic nitrogens is 1. The highest BCUT2D eigenvalue weighted by Crippen LogP contribution is 2.25. The highest BCUT2D eigenvalue weighted by Gasteiger charge is 2.20. The van der Waals surface area contributed by atoms with Gasteiger partial charge in [-0.25, -0.2) is 12.8 Å². The molecule has 0 saturated heterocycles. The minimum atomic E-state index is -3.81. The van der Waals surface area contributed by atoms with Crippen LogP contribution in [0.5, 0.6) is 0 Å². The van der Waals surface area contributed by atoms with Gasteiger partial charge in [0.15, 0.2) is 5.82 Å². The Morgan fingerprint density at radius 1 is 1.38 bits per heavy atom. The second-order valence-electron chi connectivity index (χ2n) is 4.35. The summed E-state index contributed by atoms with van der Waals surface area (Å²) in [5.74, 6) is -0.707. The first-order chi connectivity index (χ1) is 10.0. The fourth-order valence-corrected chi connectivity index (χ4v) is 4.22. The van der Waals surface area contributed by atoms with Gasteiger partial charge in [-0.15, -0.1) is 11.3 Å². The fourth-order valence-electron chi connectivity index (χ4n) is 1.73. The zero-order chi connectivity index (χ0) is 15.3. The fraction of sp³-hybridized carbons (Fsp3) is 0.308. The van der Waals surface area contributed by atoms with E-state index in [2.05, 4.69) is 15.0 Å². The molecule has 0 radical (unpaired) electrons. The van der Waals surface area contributed by atoms with Crippen molar-refractivity contribution < 1.29 is 12.8 Å². The van der Waals surface area contributed by atoms with Gasteiger partial charge in [-0.05, 0) is 30.5 Å². The van der Waals surface area contributed by atoms with Crippen molar-refractivity contribution in [3.63, 3.8) is 0 Å². The summed E-state index contributed by atoms with van der Waals surface area (Å²) in [6.45, 7) is 3.32. The van der Waals surface area contributed by atoms with Crippen molar-refractivity contribution in [2.45, 2.75) is 24.8 Å². The molecule has 2 aromatic heterocycles. The van der Waals surface area contributed by atoms with E-state index in [0.717, 1.165) is 19.2 Å². The summed E-state index contributed by atoms with van der Waals surface area (Å²) in [7, 11) is -3.81. The highest BCUT2D eigenvalue weighted by molar-refractivity contribution is 7.93. The minimum Gasteiger partial charge on any atom is -0.312 e. The van der Waals surface area contributed by atoms with Gasteiger partial charge in [0, 0.05) is 17.6 Å². The standard InChI is InChI=1S/C13H16FN3O2S2/c1-2-5-15-9-12-13(4-7-20-12)21(18,19)17-11-3-6-16-8-10(11)14/h3-4,6-8,15H,2,5,9H2,1H3,(H,16,17). The number of nitrogens with one attached hydrogen (secondary N) is 2. The molecule has 0 aromatic carbocycles. The first kappa shape index (κ1) is 15.9. The van der Waals surface area contributed by atoms with Crippen LogP contribution in [0, 0.1) is 5.82 Å². The largest absolute Gasteiger partial charge is 0.312 e. The summed E-state index contributed by atoms with van der Waals surface area (Å²) in [5.41, 5.74) is -0.108. The van der Waals surface area contributed by atoms with Gasteiger partial charge in [0.25, 0.3) is 10.0 Å².